The highest BCUT2D eigenvalue weighted by Gasteiger charge is 2.27. The number of aryl methyl sites for hydroxylation is 3. The molecule has 4 rings (SSSR count). The smallest absolute Gasteiger partial charge is 0.323 e. The van der Waals surface area contributed by atoms with Crippen LogP contribution >= 0.6 is 11.3 Å². The maximum Gasteiger partial charge on any atom is 0.323 e. The first-order chi connectivity index (χ1) is 11.2. The molecule has 2 aromatic rings. The van der Waals surface area contributed by atoms with Crippen LogP contribution in [-0.4, -0.2) is 44.2 Å². The number of aromatic amines is 1. The van der Waals surface area contributed by atoms with Gasteiger partial charge < -0.3 is 4.90 Å². The van der Waals surface area contributed by atoms with Crippen molar-refractivity contribution in [2.45, 2.75) is 44.9 Å². The number of thiazole rings is 1. The molecule has 23 heavy (non-hydrogen) atoms. The summed E-state index contributed by atoms with van der Waals surface area (Å²) in [6, 6.07) is -0.0398. The highest BCUT2D eigenvalue weighted by molar-refractivity contribution is 7.15. The first-order valence-corrected chi connectivity index (χ1v) is 8.94. The fraction of sp³-hybridized carbons (Fsp3) is 0.600. The van der Waals surface area contributed by atoms with E-state index in [2.05, 4.69) is 25.5 Å². The molecule has 1 fully saturated rings. The van der Waals surface area contributed by atoms with Crippen LogP contribution in [-0.2, 0) is 12.8 Å². The molecule has 2 aliphatic rings. The lowest BCUT2D eigenvalue weighted by Gasteiger charge is -2.30. The molecule has 7 nitrogen and oxygen atoms in total. The fourth-order valence-corrected chi connectivity index (χ4v) is 4.34. The van der Waals surface area contributed by atoms with E-state index in [-0.39, 0.29) is 6.03 Å². The van der Waals surface area contributed by atoms with Crippen LogP contribution < -0.4 is 5.32 Å². The lowest BCUT2D eigenvalue weighted by molar-refractivity contribution is 0.193. The molecule has 122 valence electrons. The number of aromatic nitrogens is 4. The Bertz CT molecular complexity index is 694. The standard InChI is InChI=1S/C15H20N6OS/c1-9-16-13(20-19-9)10-5-7-21(8-6-10)15(22)18-14-17-11-3-2-4-12(11)23-14/h10H,2-8H2,1H3,(H,16,19,20)(H,17,18,22). The fourth-order valence-electron chi connectivity index (χ4n) is 3.30. The molecule has 3 heterocycles. The normalized spacial score (nSPS) is 18.2. The number of piperidine rings is 1. The van der Waals surface area contributed by atoms with Crippen molar-refractivity contribution in [1.82, 2.24) is 25.1 Å². The number of nitrogens with one attached hydrogen (secondary N) is 2. The topological polar surface area (TPSA) is 86.8 Å². The average Bonchev–Trinajstić information content (AvgIpc) is 3.23. The van der Waals surface area contributed by atoms with Gasteiger partial charge in [-0.3, -0.25) is 10.4 Å². The highest BCUT2D eigenvalue weighted by atomic mass is 32.1. The predicted octanol–water partition coefficient (Wildman–Crippen LogP) is 2.47. The Morgan fingerprint density at radius 1 is 1.30 bits per heavy atom. The number of likely N-dealkylation sites (tertiary alicyclic amines) is 1. The van der Waals surface area contributed by atoms with Gasteiger partial charge in [-0.05, 0) is 39.0 Å². The van der Waals surface area contributed by atoms with Crippen molar-refractivity contribution >= 4 is 22.5 Å². The maximum absolute atomic E-state index is 12.4. The van der Waals surface area contributed by atoms with Crippen molar-refractivity contribution in [2.75, 3.05) is 18.4 Å². The van der Waals surface area contributed by atoms with Crippen molar-refractivity contribution in [3.63, 3.8) is 0 Å². The average molecular weight is 332 g/mol. The molecule has 0 saturated carbocycles. The van der Waals surface area contributed by atoms with Gasteiger partial charge in [-0.1, -0.05) is 0 Å². The zero-order valence-electron chi connectivity index (χ0n) is 13.1. The quantitative estimate of drug-likeness (QED) is 0.884. The number of H-pyrrole nitrogens is 1. The number of anilines is 1. The molecule has 2 N–H and O–H groups in total. The largest absolute Gasteiger partial charge is 0.324 e. The third-order valence-corrected chi connectivity index (χ3v) is 5.64. The Morgan fingerprint density at radius 3 is 2.83 bits per heavy atom. The molecule has 0 atom stereocenters. The predicted molar refractivity (Wildman–Crippen MR) is 87.8 cm³/mol. The lowest BCUT2D eigenvalue weighted by atomic mass is 9.96. The summed E-state index contributed by atoms with van der Waals surface area (Å²) in [6.45, 7) is 3.37. The molecule has 8 heteroatoms. The van der Waals surface area contributed by atoms with E-state index in [9.17, 15) is 4.79 Å². The van der Waals surface area contributed by atoms with Gasteiger partial charge in [-0.15, -0.1) is 11.3 Å². The molecule has 0 aromatic carbocycles. The SMILES string of the molecule is Cc1nc(C2CCN(C(=O)Nc3nc4c(s3)CCC4)CC2)n[nH]1. The third kappa shape index (κ3) is 2.95. The molecular formula is C15H20N6OS. The van der Waals surface area contributed by atoms with Gasteiger partial charge in [0, 0.05) is 23.9 Å². The maximum atomic E-state index is 12.4. The second-order valence-electron chi connectivity index (χ2n) is 6.21. The molecule has 1 aliphatic carbocycles. The van der Waals surface area contributed by atoms with E-state index in [1.54, 1.807) is 11.3 Å². The number of amides is 2. The van der Waals surface area contributed by atoms with E-state index in [0.29, 0.717) is 5.92 Å². The van der Waals surface area contributed by atoms with Crippen LogP contribution in [0.5, 0.6) is 0 Å². The van der Waals surface area contributed by atoms with Crippen molar-refractivity contribution in [2.24, 2.45) is 0 Å². The Hall–Kier alpha value is -1.96. The van der Waals surface area contributed by atoms with Gasteiger partial charge in [0.05, 0.1) is 5.69 Å². The van der Waals surface area contributed by atoms with Crippen LogP contribution in [0.25, 0.3) is 0 Å². The number of carbonyl (C=O) groups is 1. The first-order valence-electron chi connectivity index (χ1n) is 8.12. The monoisotopic (exact) mass is 332 g/mol. The first kappa shape index (κ1) is 14.6. The second kappa shape index (κ2) is 5.92. The van der Waals surface area contributed by atoms with Gasteiger partial charge in [0.25, 0.3) is 0 Å². The van der Waals surface area contributed by atoms with Crippen LogP contribution in [0.4, 0.5) is 9.93 Å². The van der Waals surface area contributed by atoms with E-state index >= 15 is 0 Å². The molecule has 1 saturated heterocycles. The summed E-state index contributed by atoms with van der Waals surface area (Å²) in [5, 5.41) is 10.8. The number of fused-ring (bicyclic) bond motifs is 1. The highest BCUT2D eigenvalue weighted by Crippen LogP contribution is 2.31. The van der Waals surface area contributed by atoms with E-state index in [0.717, 1.165) is 55.6 Å². The molecule has 0 radical (unpaired) electrons. The Morgan fingerprint density at radius 2 is 2.13 bits per heavy atom. The van der Waals surface area contributed by atoms with E-state index in [4.69, 9.17) is 0 Å². The molecular weight excluding hydrogens is 312 g/mol. The van der Waals surface area contributed by atoms with Gasteiger partial charge in [0.15, 0.2) is 11.0 Å². The summed E-state index contributed by atoms with van der Waals surface area (Å²) in [6.07, 6.45) is 5.14. The van der Waals surface area contributed by atoms with Crippen molar-refractivity contribution in [1.29, 1.82) is 0 Å². The van der Waals surface area contributed by atoms with E-state index < -0.39 is 0 Å². The van der Waals surface area contributed by atoms with Gasteiger partial charge >= 0.3 is 6.03 Å². The minimum absolute atomic E-state index is 0.0398. The molecule has 2 aromatic heterocycles. The second-order valence-corrected chi connectivity index (χ2v) is 7.30. The van der Waals surface area contributed by atoms with Crippen molar-refractivity contribution < 1.29 is 4.79 Å². The van der Waals surface area contributed by atoms with E-state index in [1.165, 1.54) is 17.0 Å². The number of carbonyl (C=O) groups excluding carboxylic acids is 1. The number of rotatable bonds is 2. The Labute approximate surface area is 138 Å². The summed E-state index contributed by atoms with van der Waals surface area (Å²) in [5.74, 6) is 2.06. The van der Waals surface area contributed by atoms with Crippen LogP contribution in [0.1, 0.15) is 47.4 Å². The van der Waals surface area contributed by atoms with Crippen LogP contribution in [0.3, 0.4) is 0 Å². The summed E-state index contributed by atoms with van der Waals surface area (Å²) in [5.41, 5.74) is 1.17. The number of hydrogen-bond donors (Lipinski definition) is 2. The lowest BCUT2D eigenvalue weighted by Crippen LogP contribution is -2.40. The van der Waals surface area contributed by atoms with Crippen molar-refractivity contribution in [3.8, 4) is 0 Å². The third-order valence-electron chi connectivity index (χ3n) is 4.57. The van der Waals surface area contributed by atoms with Gasteiger partial charge in [0.1, 0.15) is 5.82 Å². The summed E-state index contributed by atoms with van der Waals surface area (Å²) >= 11 is 1.62. The number of nitrogens with zero attached hydrogens (tertiary/aromatic N) is 4. The molecule has 0 bridgehead atoms. The zero-order valence-corrected chi connectivity index (χ0v) is 13.9. The number of urea groups is 1. The van der Waals surface area contributed by atoms with Crippen molar-refractivity contribution in [3.05, 3.63) is 22.2 Å². The van der Waals surface area contributed by atoms with Gasteiger partial charge in [0.2, 0.25) is 0 Å². The Kier molecular flexibility index (Phi) is 3.76. The van der Waals surface area contributed by atoms with Crippen LogP contribution in [0.2, 0.25) is 0 Å². The van der Waals surface area contributed by atoms with E-state index in [1.807, 2.05) is 11.8 Å². The summed E-state index contributed by atoms with van der Waals surface area (Å²) in [4.78, 5) is 24.5. The van der Waals surface area contributed by atoms with Gasteiger partial charge in [-0.2, -0.15) is 5.10 Å². The minimum atomic E-state index is -0.0398. The zero-order chi connectivity index (χ0) is 15.8. The van der Waals surface area contributed by atoms with Gasteiger partial charge in [-0.25, -0.2) is 14.8 Å². The number of hydrogen-bond acceptors (Lipinski definition) is 5. The molecule has 2 amide bonds. The van der Waals surface area contributed by atoms with Crippen LogP contribution in [0.15, 0.2) is 0 Å². The minimum Gasteiger partial charge on any atom is -0.324 e. The molecule has 1 aliphatic heterocycles. The summed E-state index contributed by atoms with van der Waals surface area (Å²) in [7, 11) is 0. The Balaban J connectivity index is 1.33. The van der Waals surface area contributed by atoms with Crippen LogP contribution in [0, 0.1) is 6.92 Å². The molecule has 0 spiro atoms. The molecule has 0 unspecified atom stereocenters. The summed E-state index contributed by atoms with van der Waals surface area (Å²) < 4.78 is 0.